The van der Waals surface area contributed by atoms with Crippen LogP contribution in [0.3, 0.4) is 0 Å². The summed E-state index contributed by atoms with van der Waals surface area (Å²) >= 11 is 5.07. The lowest BCUT2D eigenvalue weighted by Crippen LogP contribution is -2.24. The van der Waals surface area contributed by atoms with Crippen LogP contribution < -0.4 is 4.90 Å². The molecule has 1 amide bonds. The number of amides is 1. The predicted octanol–water partition coefficient (Wildman–Crippen LogP) is 5.05. The number of nitrogens with zero attached hydrogens (tertiary/aromatic N) is 1. The van der Waals surface area contributed by atoms with Gasteiger partial charge >= 0.3 is 5.97 Å². The van der Waals surface area contributed by atoms with Gasteiger partial charge in [-0.15, -0.1) is 11.8 Å². The minimum absolute atomic E-state index is 0.250. The van der Waals surface area contributed by atoms with Gasteiger partial charge in [-0.25, -0.2) is 4.79 Å². The fourth-order valence-corrected chi connectivity index (χ4v) is 3.77. The average Bonchev–Trinajstić information content (AvgIpc) is 2.91. The largest absolute Gasteiger partial charge is 0.465 e. The Morgan fingerprint density at radius 1 is 1.19 bits per heavy atom. The number of methoxy groups -OCH3 is 1. The van der Waals surface area contributed by atoms with E-state index in [1.807, 2.05) is 54.8 Å². The Hall–Kier alpha value is -2.31. The third kappa shape index (κ3) is 3.87. The number of thioether (sulfide) groups is 1. The van der Waals surface area contributed by atoms with Crippen LogP contribution in [0.1, 0.15) is 12.5 Å². The number of hydrogen-bond acceptors (Lipinski definition) is 4. The van der Waals surface area contributed by atoms with Crippen molar-refractivity contribution in [2.75, 3.05) is 18.3 Å². The zero-order valence-electron chi connectivity index (χ0n) is 15.2. The van der Waals surface area contributed by atoms with Gasteiger partial charge in [0.2, 0.25) is 0 Å². The number of anilines is 1. The zero-order chi connectivity index (χ0) is 19.6. The van der Waals surface area contributed by atoms with E-state index < -0.39 is 5.97 Å². The van der Waals surface area contributed by atoms with Crippen molar-refractivity contribution in [2.24, 2.45) is 0 Å². The second-order valence-electron chi connectivity index (χ2n) is 5.90. The zero-order valence-corrected chi connectivity index (χ0v) is 17.6. The van der Waals surface area contributed by atoms with Crippen LogP contribution in [0.15, 0.2) is 74.7 Å². The molecule has 1 heterocycles. The number of allylic oxidation sites excluding steroid dienone is 1. The summed E-state index contributed by atoms with van der Waals surface area (Å²) < 4.78 is 5.79. The summed E-state index contributed by atoms with van der Waals surface area (Å²) in [7, 11) is 1.32. The van der Waals surface area contributed by atoms with Crippen molar-refractivity contribution in [2.45, 2.75) is 11.8 Å². The Balaban J connectivity index is 2.10. The van der Waals surface area contributed by atoms with E-state index in [-0.39, 0.29) is 11.5 Å². The molecule has 0 saturated carbocycles. The molecular formula is C21H18BrNO3S. The molecule has 0 atom stereocenters. The molecule has 6 heteroatoms. The molecule has 4 nitrogen and oxygen atoms in total. The highest BCUT2D eigenvalue weighted by molar-refractivity contribution is 9.10. The van der Waals surface area contributed by atoms with Crippen LogP contribution in [-0.2, 0) is 14.3 Å². The van der Waals surface area contributed by atoms with E-state index in [0.717, 1.165) is 14.9 Å². The molecule has 0 N–H and O–H groups in total. The lowest BCUT2D eigenvalue weighted by molar-refractivity contribution is -0.136. The molecule has 0 radical (unpaired) electrons. The van der Waals surface area contributed by atoms with Crippen LogP contribution in [0.2, 0.25) is 0 Å². The summed E-state index contributed by atoms with van der Waals surface area (Å²) in [6.07, 6.45) is 3.74. The number of halogens is 1. The summed E-state index contributed by atoms with van der Waals surface area (Å²) in [6, 6.07) is 15.2. The molecule has 0 bridgehead atoms. The fourth-order valence-electron chi connectivity index (χ4n) is 2.97. The molecule has 1 aliphatic heterocycles. The third-order valence-corrected chi connectivity index (χ3v) is 5.52. The number of carbonyl (C=O) groups is 2. The van der Waals surface area contributed by atoms with Gasteiger partial charge in [0.15, 0.2) is 0 Å². The van der Waals surface area contributed by atoms with Gasteiger partial charge in [0.1, 0.15) is 0 Å². The molecular weight excluding hydrogens is 426 g/mol. The van der Waals surface area contributed by atoms with E-state index in [1.165, 1.54) is 7.11 Å². The molecule has 2 aromatic rings. The highest BCUT2D eigenvalue weighted by atomic mass is 79.9. The first-order valence-electron chi connectivity index (χ1n) is 8.21. The van der Waals surface area contributed by atoms with Crippen molar-refractivity contribution in [3.05, 3.63) is 75.4 Å². The molecule has 0 unspecified atom stereocenters. The Morgan fingerprint density at radius 2 is 1.89 bits per heavy atom. The third-order valence-electron chi connectivity index (χ3n) is 4.28. The van der Waals surface area contributed by atoms with E-state index >= 15 is 0 Å². The maximum atomic E-state index is 13.2. The first-order valence-corrected chi connectivity index (χ1v) is 10.2. The van der Waals surface area contributed by atoms with Gasteiger partial charge in [0, 0.05) is 15.1 Å². The van der Waals surface area contributed by atoms with E-state index in [9.17, 15) is 9.59 Å². The Labute approximate surface area is 171 Å². The van der Waals surface area contributed by atoms with Gasteiger partial charge < -0.3 is 4.74 Å². The van der Waals surface area contributed by atoms with Crippen LogP contribution >= 0.6 is 27.7 Å². The van der Waals surface area contributed by atoms with Crippen molar-refractivity contribution in [3.8, 4) is 0 Å². The van der Waals surface area contributed by atoms with Crippen molar-refractivity contribution in [1.29, 1.82) is 0 Å². The van der Waals surface area contributed by atoms with Crippen molar-refractivity contribution in [3.63, 3.8) is 0 Å². The molecule has 138 valence electrons. The number of benzene rings is 2. The molecule has 0 aromatic heterocycles. The SMILES string of the molecule is COC(=O)C1=C(C)N(c2cccc(Br)c2)C(=O)/C1=C/c1ccc(SC)cc1. The molecule has 0 fully saturated rings. The summed E-state index contributed by atoms with van der Waals surface area (Å²) in [6.45, 7) is 1.75. The molecule has 0 saturated heterocycles. The number of ether oxygens (including phenoxy) is 1. The minimum atomic E-state index is -0.523. The number of esters is 1. The second kappa shape index (κ2) is 8.15. The molecule has 1 aliphatic rings. The Morgan fingerprint density at radius 3 is 2.48 bits per heavy atom. The van der Waals surface area contributed by atoms with Crippen LogP contribution in [0.5, 0.6) is 0 Å². The summed E-state index contributed by atoms with van der Waals surface area (Å²) in [5.74, 6) is -0.773. The summed E-state index contributed by atoms with van der Waals surface area (Å²) in [5, 5.41) is 0. The lowest BCUT2D eigenvalue weighted by Gasteiger charge is -2.18. The number of carbonyl (C=O) groups excluding carboxylic acids is 2. The van der Waals surface area contributed by atoms with Crippen LogP contribution in [0.4, 0.5) is 5.69 Å². The molecule has 0 aliphatic carbocycles. The summed E-state index contributed by atoms with van der Waals surface area (Å²) in [4.78, 5) is 28.2. The topological polar surface area (TPSA) is 46.6 Å². The van der Waals surface area contributed by atoms with Gasteiger partial charge in [-0.2, -0.15) is 0 Å². The monoisotopic (exact) mass is 443 g/mol. The highest BCUT2D eigenvalue weighted by Gasteiger charge is 2.37. The Kier molecular flexibility index (Phi) is 5.87. The van der Waals surface area contributed by atoms with Crippen LogP contribution in [0.25, 0.3) is 6.08 Å². The second-order valence-corrected chi connectivity index (χ2v) is 7.70. The summed E-state index contributed by atoms with van der Waals surface area (Å²) in [5.41, 5.74) is 2.71. The van der Waals surface area contributed by atoms with E-state index in [2.05, 4.69) is 15.9 Å². The highest BCUT2D eigenvalue weighted by Crippen LogP contribution is 2.36. The van der Waals surface area contributed by atoms with Gasteiger partial charge in [-0.05, 0) is 55.2 Å². The lowest BCUT2D eigenvalue weighted by atomic mass is 10.0. The normalized spacial score (nSPS) is 15.6. The minimum Gasteiger partial charge on any atom is -0.465 e. The van der Waals surface area contributed by atoms with Crippen LogP contribution in [0, 0.1) is 0 Å². The fraction of sp³-hybridized carbons (Fsp3) is 0.143. The Bertz CT molecular complexity index is 964. The van der Waals surface area contributed by atoms with Gasteiger partial charge in [0.25, 0.3) is 5.91 Å². The molecule has 2 aromatic carbocycles. The maximum absolute atomic E-state index is 13.2. The quantitative estimate of drug-likeness (QED) is 0.376. The standard InChI is InChI=1S/C21H18BrNO3S/c1-13-19(21(25)26-2)18(11-14-7-9-17(27-3)10-8-14)20(24)23(13)16-6-4-5-15(22)12-16/h4-12H,1-3H3/b18-11+. The van der Waals surface area contributed by atoms with Crippen molar-refractivity contribution >= 4 is 51.3 Å². The predicted molar refractivity (Wildman–Crippen MR) is 113 cm³/mol. The number of rotatable bonds is 4. The molecule has 3 rings (SSSR count). The van der Waals surface area contributed by atoms with E-state index in [4.69, 9.17) is 4.74 Å². The van der Waals surface area contributed by atoms with Gasteiger partial charge in [-0.1, -0.05) is 34.1 Å². The van der Waals surface area contributed by atoms with Crippen LogP contribution in [-0.4, -0.2) is 25.2 Å². The van der Waals surface area contributed by atoms with Crippen molar-refractivity contribution in [1.82, 2.24) is 0 Å². The van der Waals surface area contributed by atoms with E-state index in [0.29, 0.717) is 17.0 Å². The smallest absolute Gasteiger partial charge is 0.340 e. The maximum Gasteiger partial charge on any atom is 0.340 e. The van der Waals surface area contributed by atoms with Crippen molar-refractivity contribution < 1.29 is 14.3 Å². The average molecular weight is 444 g/mol. The first-order chi connectivity index (χ1) is 13.0. The molecule has 27 heavy (non-hydrogen) atoms. The number of hydrogen-bond donors (Lipinski definition) is 0. The van der Waals surface area contributed by atoms with Gasteiger partial charge in [0.05, 0.1) is 23.9 Å². The molecule has 0 spiro atoms. The first kappa shape index (κ1) is 19.5. The van der Waals surface area contributed by atoms with Gasteiger partial charge in [-0.3, -0.25) is 9.69 Å². The van der Waals surface area contributed by atoms with E-state index in [1.54, 1.807) is 29.7 Å².